The van der Waals surface area contributed by atoms with E-state index in [2.05, 4.69) is 0 Å². The number of halogens is 4. The van der Waals surface area contributed by atoms with E-state index in [4.69, 9.17) is 0 Å². The zero-order chi connectivity index (χ0) is 13.3. The largest absolute Gasteiger partial charge is 0.419 e. The first-order chi connectivity index (χ1) is 8.38. The number of rotatable bonds is 1. The van der Waals surface area contributed by atoms with Gasteiger partial charge in [-0.1, -0.05) is 0 Å². The number of piperidine rings is 1. The summed E-state index contributed by atoms with van der Waals surface area (Å²) in [4.78, 5) is 12.7. The molecule has 0 amide bonds. The van der Waals surface area contributed by atoms with Crippen LogP contribution in [0.5, 0.6) is 0 Å². The fourth-order valence-electron chi connectivity index (χ4n) is 1.94. The Kier molecular flexibility index (Phi) is 3.28. The van der Waals surface area contributed by atoms with Crippen molar-refractivity contribution in [2.45, 2.75) is 19.0 Å². The molecule has 0 aliphatic carbocycles. The molecule has 0 bridgehead atoms. The highest BCUT2D eigenvalue weighted by atomic mass is 19.4. The Morgan fingerprint density at radius 1 is 1.11 bits per heavy atom. The molecule has 2 rings (SSSR count). The smallest absolute Gasteiger partial charge is 0.371 e. The van der Waals surface area contributed by atoms with Crippen molar-refractivity contribution < 1.29 is 22.4 Å². The number of Topliss-reactive ketones (excluding diaryl/α,β-unsaturated/α-hetero) is 1. The predicted octanol–water partition coefficient (Wildman–Crippen LogP) is 3.01. The highest BCUT2D eigenvalue weighted by molar-refractivity contribution is 5.81. The van der Waals surface area contributed by atoms with Crippen molar-refractivity contribution in [2.24, 2.45) is 0 Å². The van der Waals surface area contributed by atoms with Crippen LogP contribution in [0.15, 0.2) is 18.2 Å². The lowest BCUT2D eigenvalue weighted by Gasteiger charge is -2.28. The molecule has 0 saturated carbocycles. The number of hydrogen-bond acceptors (Lipinski definition) is 2. The third-order valence-electron chi connectivity index (χ3n) is 2.94. The minimum Gasteiger partial charge on any atom is -0.371 e. The van der Waals surface area contributed by atoms with E-state index < -0.39 is 17.6 Å². The molecule has 1 aliphatic rings. The average Bonchev–Trinajstić information content (AvgIpc) is 2.29. The molecule has 1 aromatic rings. The molecule has 98 valence electrons. The Bertz CT molecular complexity index is 460. The maximum absolute atomic E-state index is 13.1. The Morgan fingerprint density at radius 2 is 1.72 bits per heavy atom. The molecule has 0 unspecified atom stereocenters. The van der Waals surface area contributed by atoms with Gasteiger partial charge in [-0.3, -0.25) is 4.79 Å². The number of carbonyl (C=O) groups excluding carboxylic acids is 1. The van der Waals surface area contributed by atoms with Crippen molar-refractivity contribution in [1.29, 1.82) is 0 Å². The number of ketones is 1. The Morgan fingerprint density at radius 3 is 2.28 bits per heavy atom. The van der Waals surface area contributed by atoms with Crippen LogP contribution in [0.1, 0.15) is 18.4 Å². The Labute approximate surface area is 101 Å². The topological polar surface area (TPSA) is 20.3 Å². The molecule has 0 radical (unpaired) electrons. The quantitative estimate of drug-likeness (QED) is 0.724. The van der Waals surface area contributed by atoms with Crippen molar-refractivity contribution >= 4 is 11.5 Å². The maximum atomic E-state index is 13.1. The number of nitrogens with zero attached hydrogens (tertiary/aromatic N) is 1. The van der Waals surface area contributed by atoms with Crippen LogP contribution in [0.3, 0.4) is 0 Å². The van der Waals surface area contributed by atoms with Gasteiger partial charge in [0, 0.05) is 31.6 Å². The number of carbonyl (C=O) groups is 1. The summed E-state index contributed by atoms with van der Waals surface area (Å²) in [5.74, 6) is -1.18. The second-order valence-electron chi connectivity index (χ2n) is 4.19. The molecule has 18 heavy (non-hydrogen) atoms. The van der Waals surface area contributed by atoms with E-state index in [0.717, 1.165) is 12.1 Å². The van der Waals surface area contributed by atoms with Crippen LogP contribution in [0.4, 0.5) is 23.2 Å². The molecule has 1 aliphatic heterocycles. The van der Waals surface area contributed by atoms with Crippen LogP contribution in [0, 0.1) is 5.82 Å². The van der Waals surface area contributed by atoms with Crippen molar-refractivity contribution in [3.8, 4) is 0 Å². The van der Waals surface area contributed by atoms with Crippen LogP contribution >= 0.6 is 0 Å². The highest BCUT2D eigenvalue weighted by Crippen LogP contribution is 2.34. The summed E-state index contributed by atoms with van der Waals surface area (Å²) < 4.78 is 50.7. The summed E-state index contributed by atoms with van der Waals surface area (Å²) in [6.45, 7) is 0.753. The molecule has 1 fully saturated rings. The molecule has 2 nitrogen and oxygen atoms in total. The zero-order valence-electron chi connectivity index (χ0n) is 9.43. The summed E-state index contributed by atoms with van der Waals surface area (Å²) >= 11 is 0. The maximum Gasteiger partial charge on any atom is 0.419 e. The molecule has 6 heteroatoms. The summed E-state index contributed by atoms with van der Waals surface area (Å²) in [5, 5.41) is 0. The van der Waals surface area contributed by atoms with Crippen LogP contribution in [0.25, 0.3) is 0 Å². The molecule has 1 heterocycles. The highest BCUT2D eigenvalue weighted by Gasteiger charge is 2.34. The van der Waals surface area contributed by atoms with Gasteiger partial charge in [0.25, 0.3) is 0 Å². The first kappa shape index (κ1) is 12.9. The van der Waals surface area contributed by atoms with Gasteiger partial charge in [0.2, 0.25) is 0 Å². The zero-order valence-corrected chi connectivity index (χ0v) is 9.43. The minimum absolute atomic E-state index is 0.101. The van der Waals surface area contributed by atoms with Crippen molar-refractivity contribution in [3.63, 3.8) is 0 Å². The third kappa shape index (κ3) is 2.63. The molecule has 0 aromatic heterocycles. The van der Waals surface area contributed by atoms with E-state index in [1.165, 1.54) is 6.07 Å². The number of hydrogen-bond donors (Lipinski definition) is 0. The van der Waals surface area contributed by atoms with Crippen molar-refractivity contribution in [2.75, 3.05) is 18.0 Å². The number of benzene rings is 1. The average molecular weight is 261 g/mol. The first-order valence-corrected chi connectivity index (χ1v) is 5.51. The van der Waals surface area contributed by atoms with Gasteiger partial charge < -0.3 is 4.90 Å². The molecule has 0 N–H and O–H groups in total. The van der Waals surface area contributed by atoms with Crippen molar-refractivity contribution in [1.82, 2.24) is 0 Å². The fourth-order valence-corrected chi connectivity index (χ4v) is 1.94. The summed E-state index contributed by atoms with van der Waals surface area (Å²) in [7, 11) is 0. The second-order valence-corrected chi connectivity index (χ2v) is 4.19. The van der Waals surface area contributed by atoms with Gasteiger partial charge in [0.05, 0.1) is 5.56 Å². The lowest BCUT2D eigenvalue weighted by molar-refractivity contribution is -0.140. The number of alkyl halides is 3. The van der Waals surface area contributed by atoms with Crippen LogP contribution < -0.4 is 4.90 Å². The molecule has 1 aromatic carbocycles. The summed E-state index contributed by atoms with van der Waals surface area (Å²) in [5.41, 5.74) is -0.965. The summed E-state index contributed by atoms with van der Waals surface area (Å²) in [6.07, 6.45) is -4.07. The molecular weight excluding hydrogens is 250 g/mol. The molecule has 1 saturated heterocycles. The van der Waals surface area contributed by atoms with Gasteiger partial charge in [0.1, 0.15) is 11.6 Å². The lowest BCUT2D eigenvalue weighted by Crippen LogP contribution is -2.33. The van der Waals surface area contributed by atoms with E-state index >= 15 is 0 Å². The lowest BCUT2D eigenvalue weighted by atomic mass is 10.1. The Balaban J connectivity index is 2.27. The Hall–Kier alpha value is -1.59. The number of anilines is 1. The van der Waals surface area contributed by atoms with Gasteiger partial charge in [-0.25, -0.2) is 4.39 Å². The van der Waals surface area contributed by atoms with Crippen LogP contribution in [0.2, 0.25) is 0 Å². The van der Waals surface area contributed by atoms with Gasteiger partial charge in [0.15, 0.2) is 0 Å². The van der Waals surface area contributed by atoms with Gasteiger partial charge >= 0.3 is 6.18 Å². The molecule has 0 atom stereocenters. The van der Waals surface area contributed by atoms with Crippen LogP contribution in [-0.2, 0) is 11.0 Å². The normalized spacial score (nSPS) is 17.1. The second kappa shape index (κ2) is 4.59. The van der Waals surface area contributed by atoms with Crippen LogP contribution in [-0.4, -0.2) is 18.9 Å². The van der Waals surface area contributed by atoms with Crippen molar-refractivity contribution in [3.05, 3.63) is 29.6 Å². The molecular formula is C12H11F4NO. The monoisotopic (exact) mass is 261 g/mol. The third-order valence-corrected chi connectivity index (χ3v) is 2.94. The van der Waals surface area contributed by atoms with Gasteiger partial charge in [-0.15, -0.1) is 0 Å². The summed E-state index contributed by atoms with van der Waals surface area (Å²) in [6, 6.07) is 2.92. The van der Waals surface area contributed by atoms with Gasteiger partial charge in [-0.05, 0) is 18.2 Å². The first-order valence-electron chi connectivity index (χ1n) is 5.51. The fraction of sp³-hybridized carbons (Fsp3) is 0.417. The predicted molar refractivity (Wildman–Crippen MR) is 57.9 cm³/mol. The molecule has 0 spiro atoms. The van der Waals surface area contributed by atoms with E-state index in [-0.39, 0.29) is 5.78 Å². The SMILES string of the molecule is O=C1CCN(c2ccc(F)c(C(F)(F)F)c2)CC1. The van der Waals surface area contributed by atoms with E-state index in [9.17, 15) is 22.4 Å². The standard InChI is InChI=1S/C12H11F4NO/c13-11-2-1-8(7-10(11)12(14,15)16)17-5-3-9(18)4-6-17/h1-2,7H,3-6H2. The van der Waals surface area contributed by atoms with E-state index in [0.29, 0.717) is 31.6 Å². The van der Waals surface area contributed by atoms with Gasteiger partial charge in [-0.2, -0.15) is 13.2 Å². The van der Waals surface area contributed by atoms with E-state index in [1.54, 1.807) is 4.90 Å². The minimum atomic E-state index is -4.70. The van der Waals surface area contributed by atoms with E-state index in [1.807, 2.05) is 0 Å².